The number of pyridine rings is 1. The molecule has 2 aromatic carbocycles. The van der Waals surface area contributed by atoms with E-state index < -0.39 is 23.4 Å². The average molecular weight is 381 g/mol. The fourth-order valence-corrected chi connectivity index (χ4v) is 2.90. The van der Waals surface area contributed by atoms with Crippen LogP contribution < -0.4 is 0 Å². The lowest BCUT2D eigenvalue weighted by Crippen LogP contribution is -2.24. The van der Waals surface area contributed by atoms with Crippen molar-refractivity contribution < 1.29 is 23.8 Å². The molecule has 0 aliphatic carbocycles. The fourth-order valence-electron chi connectivity index (χ4n) is 2.90. The fraction of sp³-hybridized carbons (Fsp3) is 0.227. The molecule has 0 unspecified atom stereocenters. The molecule has 5 nitrogen and oxygen atoms in total. The molecule has 1 N–H and O–H groups in total. The minimum Gasteiger partial charge on any atom is -0.478 e. The first-order valence-electron chi connectivity index (χ1n) is 8.77. The molecule has 3 rings (SSSR count). The number of aromatic nitrogens is 1. The van der Waals surface area contributed by atoms with Gasteiger partial charge in [0, 0.05) is 18.0 Å². The summed E-state index contributed by atoms with van der Waals surface area (Å²) in [5.74, 6) is -2.20. The van der Waals surface area contributed by atoms with Gasteiger partial charge in [-0.2, -0.15) is 0 Å². The van der Waals surface area contributed by atoms with Gasteiger partial charge in [0.05, 0.1) is 16.8 Å². The highest BCUT2D eigenvalue weighted by Gasteiger charge is 2.19. The van der Waals surface area contributed by atoms with Crippen molar-refractivity contribution in [1.82, 2.24) is 4.98 Å². The molecular formula is C22H20FNO4. The quantitative estimate of drug-likeness (QED) is 0.668. The van der Waals surface area contributed by atoms with Crippen LogP contribution >= 0.6 is 0 Å². The molecule has 0 amide bonds. The largest absolute Gasteiger partial charge is 0.478 e. The molecule has 1 heterocycles. The van der Waals surface area contributed by atoms with Crippen LogP contribution in [0.5, 0.6) is 0 Å². The Bertz CT molecular complexity index is 1070. The number of halogens is 1. The Morgan fingerprint density at radius 2 is 1.79 bits per heavy atom. The zero-order chi connectivity index (χ0) is 20.5. The lowest BCUT2D eigenvalue weighted by molar-refractivity contribution is 0.00688. The zero-order valence-corrected chi connectivity index (χ0v) is 15.8. The zero-order valence-electron chi connectivity index (χ0n) is 15.8. The summed E-state index contributed by atoms with van der Waals surface area (Å²) in [4.78, 5) is 27.7. The van der Waals surface area contributed by atoms with E-state index in [1.165, 1.54) is 18.3 Å². The highest BCUT2D eigenvalue weighted by atomic mass is 19.1. The Hall–Kier alpha value is -3.28. The standard InChI is InChI=1S/C22H20FNO4/c1-22(2,3)28-21(27)14-9-8-13(18(23)10-14)11-19-16-7-5-4-6-15(16)17(12-24-19)20(25)26/h4-10,12H,11H2,1-3H3,(H,25,26). The minimum atomic E-state index is -1.07. The van der Waals surface area contributed by atoms with Gasteiger partial charge in [0.15, 0.2) is 0 Å². The van der Waals surface area contributed by atoms with Crippen LogP contribution in [0.1, 0.15) is 52.7 Å². The summed E-state index contributed by atoms with van der Waals surface area (Å²) in [5.41, 5.74) is 0.480. The van der Waals surface area contributed by atoms with Crippen molar-refractivity contribution in [3.63, 3.8) is 0 Å². The Kier molecular flexibility index (Phi) is 5.14. The molecule has 1 aromatic heterocycles. The number of hydrogen-bond donors (Lipinski definition) is 1. The van der Waals surface area contributed by atoms with Gasteiger partial charge in [0.25, 0.3) is 0 Å². The Labute approximate surface area is 161 Å². The Morgan fingerprint density at radius 3 is 2.39 bits per heavy atom. The van der Waals surface area contributed by atoms with Crippen molar-refractivity contribution in [1.29, 1.82) is 0 Å². The van der Waals surface area contributed by atoms with E-state index in [-0.39, 0.29) is 17.5 Å². The molecule has 0 saturated carbocycles. The van der Waals surface area contributed by atoms with Crippen molar-refractivity contribution in [3.05, 3.63) is 76.9 Å². The van der Waals surface area contributed by atoms with E-state index in [9.17, 15) is 19.1 Å². The van der Waals surface area contributed by atoms with Crippen LogP contribution in [0.2, 0.25) is 0 Å². The number of aromatic carboxylic acids is 1. The number of carbonyl (C=O) groups excluding carboxylic acids is 1. The highest BCUT2D eigenvalue weighted by Crippen LogP contribution is 2.24. The van der Waals surface area contributed by atoms with E-state index in [0.717, 1.165) is 6.07 Å². The van der Waals surface area contributed by atoms with Crippen molar-refractivity contribution in [3.8, 4) is 0 Å². The third kappa shape index (κ3) is 4.17. The summed E-state index contributed by atoms with van der Waals surface area (Å²) in [5, 5.41) is 10.5. The third-order valence-corrected chi connectivity index (χ3v) is 4.15. The normalized spacial score (nSPS) is 11.4. The molecule has 144 valence electrons. The summed E-state index contributed by atoms with van der Waals surface area (Å²) in [6, 6.07) is 11.2. The number of carboxylic acids is 1. The Balaban J connectivity index is 1.94. The van der Waals surface area contributed by atoms with E-state index in [4.69, 9.17) is 4.74 Å². The molecule has 0 radical (unpaired) electrons. The average Bonchev–Trinajstić information content (AvgIpc) is 2.61. The van der Waals surface area contributed by atoms with Gasteiger partial charge < -0.3 is 9.84 Å². The van der Waals surface area contributed by atoms with Crippen LogP contribution in [0.4, 0.5) is 4.39 Å². The number of rotatable bonds is 4. The number of benzene rings is 2. The van der Waals surface area contributed by atoms with Gasteiger partial charge in [-0.25, -0.2) is 14.0 Å². The first-order chi connectivity index (χ1) is 13.2. The number of hydrogen-bond acceptors (Lipinski definition) is 4. The monoisotopic (exact) mass is 381 g/mol. The van der Waals surface area contributed by atoms with Crippen LogP contribution in [-0.2, 0) is 11.2 Å². The molecule has 0 aliphatic heterocycles. The van der Waals surface area contributed by atoms with E-state index in [2.05, 4.69) is 4.98 Å². The van der Waals surface area contributed by atoms with Crippen molar-refractivity contribution >= 4 is 22.7 Å². The van der Waals surface area contributed by atoms with Crippen LogP contribution in [0.25, 0.3) is 10.8 Å². The predicted octanol–water partition coefficient (Wildman–Crippen LogP) is 4.62. The molecule has 0 bridgehead atoms. The van der Waals surface area contributed by atoms with Crippen molar-refractivity contribution in [2.75, 3.05) is 0 Å². The summed E-state index contributed by atoms with van der Waals surface area (Å²) < 4.78 is 19.9. The topological polar surface area (TPSA) is 76.5 Å². The van der Waals surface area contributed by atoms with Gasteiger partial charge in [0.2, 0.25) is 0 Å². The van der Waals surface area contributed by atoms with Gasteiger partial charge in [0.1, 0.15) is 11.4 Å². The summed E-state index contributed by atoms with van der Waals surface area (Å²) in [6.45, 7) is 5.23. The summed E-state index contributed by atoms with van der Waals surface area (Å²) in [6.07, 6.45) is 1.45. The third-order valence-electron chi connectivity index (χ3n) is 4.15. The molecule has 28 heavy (non-hydrogen) atoms. The lowest BCUT2D eigenvalue weighted by Gasteiger charge is -2.19. The molecule has 3 aromatic rings. The van der Waals surface area contributed by atoms with Crippen molar-refractivity contribution in [2.45, 2.75) is 32.8 Å². The second-order valence-electron chi connectivity index (χ2n) is 7.45. The molecule has 0 aliphatic rings. The maximum absolute atomic E-state index is 14.6. The lowest BCUT2D eigenvalue weighted by atomic mass is 10.00. The second-order valence-corrected chi connectivity index (χ2v) is 7.45. The number of ether oxygens (including phenoxy) is 1. The number of carboxylic acid groups (broad SMARTS) is 1. The van der Waals surface area contributed by atoms with E-state index in [0.29, 0.717) is 22.0 Å². The van der Waals surface area contributed by atoms with Crippen molar-refractivity contribution in [2.24, 2.45) is 0 Å². The van der Waals surface area contributed by atoms with Gasteiger partial charge in [-0.1, -0.05) is 30.3 Å². The van der Waals surface area contributed by atoms with Crippen LogP contribution in [0.3, 0.4) is 0 Å². The van der Waals surface area contributed by atoms with Crippen LogP contribution in [0.15, 0.2) is 48.7 Å². The first kappa shape index (κ1) is 19.5. The number of esters is 1. The SMILES string of the molecule is CC(C)(C)OC(=O)c1ccc(Cc2ncc(C(=O)O)c3ccccc23)c(F)c1. The number of nitrogens with zero attached hydrogens (tertiary/aromatic N) is 1. The molecular weight excluding hydrogens is 361 g/mol. The summed E-state index contributed by atoms with van der Waals surface area (Å²) in [7, 11) is 0. The molecule has 0 fully saturated rings. The van der Waals surface area contributed by atoms with Gasteiger partial charge in [-0.3, -0.25) is 4.98 Å². The molecule has 6 heteroatoms. The Morgan fingerprint density at radius 1 is 1.11 bits per heavy atom. The smallest absolute Gasteiger partial charge is 0.338 e. The molecule has 0 spiro atoms. The van der Waals surface area contributed by atoms with Gasteiger partial charge in [-0.15, -0.1) is 0 Å². The highest BCUT2D eigenvalue weighted by molar-refractivity contribution is 6.03. The van der Waals surface area contributed by atoms with E-state index in [1.54, 1.807) is 45.0 Å². The van der Waals surface area contributed by atoms with Crippen LogP contribution in [-0.4, -0.2) is 27.6 Å². The maximum atomic E-state index is 14.6. The van der Waals surface area contributed by atoms with Gasteiger partial charge in [-0.05, 0) is 43.9 Å². The van der Waals surface area contributed by atoms with E-state index in [1.807, 2.05) is 0 Å². The van der Waals surface area contributed by atoms with Crippen LogP contribution in [0, 0.1) is 5.82 Å². The maximum Gasteiger partial charge on any atom is 0.338 e. The molecule has 0 atom stereocenters. The molecule has 0 saturated heterocycles. The van der Waals surface area contributed by atoms with E-state index >= 15 is 0 Å². The predicted molar refractivity (Wildman–Crippen MR) is 103 cm³/mol. The second kappa shape index (κ2) is 7.38. The first-order valence-corrected chi connectivity index (χ1v) is 8.77. The minimum absolute atomic E-state index is 0.0973. The number of fused-ring (bicyclic) bond motifs is 1. The summed E-state index contributed by atoms with van der Waals surface area (Å²) >= 11 is 0. The number of carbonyl (C=O) groups is 2. The van der Waals surface area contributed by atoms with Gasteiger partial charge >= 0.3 is 11.9 Å².